The third-order valence-electron chi connectivity index (χ3n) is 4.96. The molecule has 2 N–H and O–H groups in total. The second kappa shape index (κ2) is 10.2. The van der Waals surface area contributed by atoms with Gasteiger partial charge in [0.1, 0.15) is 0 Å². The van der Waals surface area contributed by atoms with Gasteiger partial charge in [-0.1, -0.05) is 0 Å². The summed E-state index contributed by atoms with van der Waals surface area (Å²) in [6, 6.07) is 0. The van der Waals surface area contributed by atoms with Gasteiger partial charge in [-0.3, -0.25) is 0 Å². The minimum absolute atomic E-state index is 0.631. The standard InChI is InChI=1S/C13H27.C6H6N3S.Sn/c1-4-7-10-13(11-8-5-2)12-9-6-3;7-1-5-3-10-6-2-8-4-9(5)6;/h4-12H2,1-3H3;2,4H,1,7H2;. The van der Waals surface area contributed by atoms with E-state index in [1.165, 1.54) is 68.3 Å². The van der Waals surface area contributed by atoms with Gasteiger partial charge in [0.2, 0.25) is 0 Å². The molecule has 0 saturated heterocycles. The van der Waals surface area contributed by atoms with Gasteiger partial charge in [-0.2, -0.15) is 0 Å². The Hall–Kier alpha value is -0.0713. The van der Waals surface area contributed by atoms with Gasteiger partial charge in [0.15, 0.2) is 0 Å². The third-order valence-corrected chi connectivity index (χ3v) is 12.6. The van der Waals surface area contributed by atoms with Gasteiger partial charge in [0.05, 0.1) is 0 Å². The Morgan fingerprint density at radius 1 is 1.08 bits per heavy atom. The van der Waals surface area contributed by atoms with Crippen molar-refractivity contribution in [1.82, 2.24) is 9.38 Å². The average molecular weight is 454 g/mol. The molecule has 2 aromatic rings. The van der Waals surface area contributed by atoms with Crippen LogP contribution < -0.4 is 8.63 Å². The molecule has 24 heavy (non-hydrogen) atoms. The van der Waals surface area contributed by atoms with Crippen LogP contribution in [0.3, 0.4) is 0 Å². The quantitative estimate of drug-likeness (QED) is 0.463. The van der Waals surface area contributed by atoms with E-state index >= 15 is 0 Å². The molecule has 5 heteroatoms. The second-order valence-corrected chi connectivity index (χ2v) is 14.1. The molecule has 0 aromatic carbocycles. The Balaban J connectivity index is 2.30. The third kappa shape index (κ3) is 4.98. The molecule has 0 saturated carbocycles. The number of imidazole rings is 1. The number of hydrogen-bond acceptors (Lipinski definition) is 3. The van der Waals surface area contributed by atoms with Crippen LogP contribution in [0.25, 0.3) is 4.83 Å². The van der Waals surface area contributed by atoms with Crippen LogP contribution in [0.1, 0.15) is 84.3 Å². The summed E-state index contributed by atoms with van der Waals surface area (Å²) in [5.74, 6) is 0. The van der Waals surface area contributed by atoms with Gasteiger partial charge >= 0.3 is 162 Å². The molecule has 0 bridgehead atoms. The van der Waals surface area contributed by atoms with E-state index in [0.717, 1.165) is 0 Å². The van der Waals surface area contributed by atoms with Crippen molar-refractivity contribution in [3.8, 4) is 0 Å². The van der Waals surface area contributed by atoms with Crippen LogP contribution in [0, 0.1) is 0 Å². The number of aromatic nitrogens is 2. The molecule has 2 rings (SSSR count). The summed E-state index contributed by atoms with van der Waals surface area (Å²) in [5.41, 5.74) is 7.48. The summed E-state index contributed by atoms with van der Waals surface area (Å²) in [6.07, 6.45) is 16.4. The zero-order valence-corrected chi connectivity index (χ0v) is 19.3. The van der Waals surface area contributed by atoms with Crippen molar-refractivity contribution in [2.24, 2.45) is 5.73 Å². The average Bonchev–Trinajstić information content (AvgIpc) is 3.16. The summed E-state index contributed by atoms with van der Waals surface area (Å²) in [7, 11) is 0. The molecule has 2 aromatic heterocycles. The van der Waals surface area contributed by atoms with Gasteiger partial charge in [-0.05, 0) is 0 Å². The predicted octanol–water partition coefficient (Wildman–Crippen LogP) is 4.91. The van der Waals surface area contributed by atoms with E-state index in [-0.39, 0.29) is 0 Å². The molecule has 0 unspecified atom stereocenters. The molecule has 0 fully saturated rings. The van der Waals surface area contributed by atoms with Crippen LogP contribution in [0.5, 0.6) is 0 Å². The molecule has 0 spiro atoms. The van der Waals surface area contributed by atoms with Crippen LogP contribution in [0.4, 0.5) is 0 Å². The van der Waals surface area contributed by atoms with E-state index in [1.54, 1.807) is 2.89 Å². The van der Waals surface area contributed by atoms with Crippen molar-refractivity contribution in [3.05, 3.63) is 18.2 Å². The van der Waals surface area contributed by atoms with Gasteiger partial charge < -0.3 is 0 Å². The Bertz CT molecular complexity index is 583. The molecule has 2 radical (unpaired) electrons. The Morgan fingerprint density at radius 2 is 1.67 bits per heavy atom. The molecule has 3 nitrogen and oxygen atoms in total. The summed E-state index contributed by atoms with van der Waals surface area (Å²) in [4.78, 5) is 5.57. The first kappa shape index (κ1) is 20.2. The molecular weight excluding hydrogens is 421 g/mol. The topological polar surface area (TPSA) is 43.3 Å². The summed E-state index contributed by atoms with van der Waals surface area (Å²) >= 11 is 1.29. The number of unbranched alkanes of at least 4 members (excludes halogenated alkanes) is 3. The van der Waals surface area contributed by atoms with Crippen molar-refractivity contribution in [2.45, 2.75) is 88.5 Å². The first-order valence-corrected chi connectivity index (χ1v) is 13.3. The zero-order valence-electron chi connectivity index (χ0n) is 15.6. The predicted molar refractivity (Wildman–Crippen MR) is 108 cm³/mol. The first-order valence-electron chi connectivity index (χ1n) is 9.61. The van der Waals surface area contributed by atoms with E-state index in [1.807, 2.05) is 23.9 Å². The van der Waals surface area contributed by atoms with Gasteiger partial charge in [0.25, 0.3) is 0 Å². The molecule has 2 heterocycles. The van der Waals surface area contributed by atoms with E-state index in [0.29, 0.717) is 9.98 Å². The summed E-state index contributed by atoms with van der Waals surface area (Å²) in [5, 5.41) is 0. The normalized spacial score (nSPS) is 12.3. The van der Waals surface area contributed by atoms with Crippen LogP contribution in [0.15, 0.2) is 12.5 Å². The molecule has 0 amide bonds. The van der Waals surface area contributed by atoms with Crippen LogP contribution in [0.2, 0.25) is 3.43 Å². The Kier molecular flexibility index (Phi) is 8.58. The van der Waals surface area contributed by atoms with Gasteiger partial charge in [-0.15, -0.1) is 0 Å². The summed E-state index contributed by atoms with van der Waals surface area (Å²) < 4.78 is 4.54. The van der Waals surface area contributed by atoms with Crippen LogP contribution >= 0.6 is 11.3 Å². The molecule has 0 aliphatic carbocycles. The maximum absolute atomic E-state index is 6.12. The van der Waals surface area contributed by atoms with E-state index in [4.69, 9.17) is 5.73 Å². The van der Waals surface area contributed by atoms with E-state index in [9.17, 15) is 0 Å². The monoisotopic (exact) mass is 455 g/mol. The fourth-order valence-corrected chi connectivity index (χ4v) is 12.2. The number of nitrogens with two attached hydrogens (primary N) is 1. The number of thiazole rings is 1. The first-order chi connectivity index (χ1) is 11.7. The van der Waals surface area contributed by atoms with Crippen molar-refractivity contribution >= 4 is 40.2 Å². The second-order valence-electron chi connectivity index (χ2n) is 6.90. The minimum atomic E-state index is -0.691. The molecule has 0 atom stereocenters. The zero-order chi connectivity index (χ0) is 17.4. The number of hydrogen-bond donors (Lipinski definition) is 1. The van der Waals surface area contributed by atoms with E-state index < -0.39 is 21.1 Å². The fraction of sp³-hybridized carbons (Fsp3) is 0.737. The van der Waals surface area contributed by atoms with Crippen molar-refractivity contribution in [3.63, 3.8) is 0 Å². The van der Waals surface area contributed by atoms with Gasteiger partial charge in [-0.25, -0.2) is 0 Å². The number of rotatable bonds is 12. The SMILES string of the molecule is CCCC[C](CCCC)(CCCC)[Sn][c]1sc2cncn2c1CN. The molecule has 134 valence electrons. The number of fused-ring (bicyclic) bond motifs is 1. The molecule has 0 aliphatic heterocycles. The van der Waals surface area contributed by atoms with Crippen molar-refractivity contribution in [2.75, 3.05) is 0 Å². The fourth-order valence-electron chi connectivity index (χ4n) is 3.47. The van der Waals surface area contributed by atoms with Gasteiger partial charge in [0, 0.05) is 0 Å². The molecule has 0 aliphatic rings. The summed E-state index contributed by atoms with van der Waals surface area (Å²) in [6.45, 7) is 7.66. The maximum atomic E-state index is 6.12. The van der Waals surface area contributed by atoms with E-state index in [2.05, 4.69) is 30.2 Å². The van der Waals surface area contributed by atoms with Crippen LogP contribution in [-0.4, -0.2) is 30.5 Å². The molecular formula is C19H33N3SSn. The van der Waals surface area contributed by atoms with Crippen molar-refractivity contribution in [1.29, 1.82) is 0 Å². The number of nitrogens with zero attached hydrogens (tertiary/aromatic N) is 2. The Labute approximate surface area is 161 Å². The van der Waals surface area contributed by atoms with Crippen LogP contribution in [-0.2, 0) is 6.54 Å². The van der Waals surface area contributed by atoms with Crippen molar-refractivity contribution < 1.29 is 0 Å². The Morgan fingerprint density at radius 3 is 2.17 bits per heavy atom.